The molecule has 2 saturated carbocycles. The highest BCUT2D eigenvalue weighted by Gasteiger charge is 2.56. The van der Waals surface area contributed by atoms with E-state index in [-0.39, 0.29) is 10.6 Å². The number of fused-ring (bicyclic) bond motifs is 4. The quantitative estimate of drug-likeness (QED) is 0.296. The minimum atomic E-state index is 0. The predicted molar refractivity (Wildman–Crippen MR) is 164 cm³/mol. The van der Waals surface area contributed by atoms with Gasteiger partial charge >= 0.3 is 0 Å². The molecule has 3 fully saturated rings. The van der Waals surface area contributed by atoms with E-state index < -0.39 is 0 Å². The second-order valence-electron chi connectivity index (χ2n) is 14.1. The Bertz CT molecular complexity index is 749. The van der Waals surface area contributed by atoms with Gasteiger partial charge in [-0.15, -0.1) is 0 Å². The number of rotatable bonds is 8. The summed E-state index contributed by atoms with van der Waals surface area (Å²) in [7, 11) is 0. The lowest BCUT2D eigenvalue weighted by Gasteiger charge is -2.55. The maximum atomic E-state index is 6.53. The molecule has 2 nitrogen and oxygen atoms in total. The van der Waals surface area contributed by atoms with E-state index in [4.69, 9.17) is 9.47 Å². The third kappa shape index (κ3) is 6.37. The largest absolute Gasteiger partial charge is 0.353 e. The van der Waals surface area contributed by atoms with E-state index in [0.29, 0.717) is 11.5 Å². The number of allylic oxidation sites excluding steroid dienone is 1. The topological polar surface area (TPSA) is 18.5 Å². The fourth-order valence-electron chi connectivity index (χ4n) is 9.91. The molecule has 5 unspecified atom stereocenters. The summed E-state index contributed by atoms with van der Waals surface area (Å²) in [6.07, 6.45) is 20.9. The SMILES string of the molecule is CC.CCC1C[C@@H]2C(CC[C@@]3(C)C2CCC3[C@H](C)CCCC(C)C)C2=C1C[C@@H](OC1CCCCO1)CC2.[HH].[HH].[HH]. The Balaban J connectivity index is 0.00000157. The summed E-state index contributed by atoms with van der Waals surface area (Å²) < 4.78 is 12.5. The maximum absolute atomic E-state index is 6.53. The van der Waals surface area contributed by atoms with E-state index in [0.717, 1.165) is 54.5 Å². The van der Waals surface area contributed by atoms with Crippen molar-refractivity contribution >= 4 is 0 Å². The Morgan fingerprint density at radius 1 is 1.00 bits per heavy atom. The zero-order valence-electron chi connectivity index (χ0n) is 25.8. The molecule has 9 atom stereocenters. The molecule has 220 valence electrons. The predicted octanol–water partition coefficient (Wildman–Crippen LogP) is 11.1. The number of ether oxygens (including phenoxy) is 2. The van der Waals surface area contributed by atoms with Crippen LogP contribution in [0.15, 0.2) is 11.1 Å². The van der Waals surface area contributed by atoms with Crippen LogP contribution in [0, 0.1) is 46.8 Å². The summed E-state index contributed by atoms with van der Waals surface area (Å²) in [5, 5.41) is 0. The molecule has 0 amide bonds. The van der Waals surface area contributed by atoms with Crippen molar-refractivity contribution in [1.29, 1.82) is 0 Å². The molecule has 4 aliphatic carbocycles. The van der Waals surface area contributed by atoms with Crippen LogP contribution in [0.4, 0.5) is 0 Å². The fourth-order valence-corrected chi connectivity index (χ4v) is 9.91. The van der Waals surface area contributed by atoms with Crippen LogP contribution >= 0.6 is 0 Å². The third-order valence-corrected chi connectivity index (χ3v) is 11.7. The molecule has 0 spiro atoms. The molecule has 0 aromatic rings. The van der Waals surface area contributed by atoms with Crippen molar-refractivity contribution in [1.82, 2.24) is 0 Å². The van der Waals surface area contributed by atoms with E-state index in [1.165, 1.54) is 89.9 Å². The lowest BCUT2D eigenvalue weighted by molar-refractivity contribution is -0.190. The summed E-state index contributed by atoms with van der Waals surface area (Å²) in [5.74, 6) is 6.39. The van der Waals surface area contributed by atoms with Gasteiger partial charge in [0.15, 0.2) is 6.29 Å². The Hall–Kier alpha value is -0.340. The summed E-state index contributed by atoms with van der Waals surface area (Å²) in [5.41, 5.74) is 4.38. The van der Waals surface area contributed by atoms with E-state index in [1.54, 1.807) is 0 Å². The van der Waals surface area contributed by atoms with Crippen molar-refractivity contribution in [3.8, 4) is 0 Å². The van der Waals surface area contributed by atoms with Crippen LogP contribution in [0.25, 0.3) is 0 Å². The van der Waals surface area contributed by atoms with Crippen LogP contribution in [0.3, 0.4) is 0 Å². The fraction of sp³-hybridized carbons (Fsp3) is 0.943. The van der Waals surface area contributed by atoms with Gasteiger partial charge in [-0.05, 0) is 124 Å². The first kappa shape index (κ1) is 29.6. The van der Waals surface area contributed by atoms with Gasteiger partial charge in [0.25, 0.3) is 0 Å². The van der Waals surface area contributed by atoms with Gasteiger partial charge in [0.2, 0.25) is 0 Å². The molecule has 2 heteroatoms. The van der Waals surface area contributed by atoms with Gasteiger partial charge in [-0.25, -0.2) is 0 Å². The molecule has 0 aromatic heterocycles. The normalized spacial score (nSPS) is 40.4. The highest BCUT2D eigenvalue weighted by atomic mass is 16.7. The molecule has 0 aromatic carbocycles. The van der Waals surface area contributed by atoms with Crippen molar-refractivity contribution in [2.24, 2.45) is 46.8 Å². The molecule has 5 aliphatic rings. The smallest absolute Gasteiger partial charge is 0.157 e. The second-order valence-corrected chi connectivity index (χ2v) is 14.1. The molecular weight excluding hydrogens is 452 g/mol. The summed E-state index contributed by atoms with van der Waals surface area (Å²) in [6, 6.07) is 0. The molecule has 5 rings (SSSR count). The number of hydrogen-bond donors (Lipinski definition) is 0. The highest BCUT2D eigenvalue weighted by Crippen LogP contribution is 2.65. The number of hydrogen-bond acceptors (Lipinski definition) is 2. The van der Waals surface area contributed by atoms with Gasteiger partial charge in [0, 0.05) is 10.9 Å². The zero-order valence-corrected chi connectivity index (χ0v) is 25.8. The van der Waals surface area contributed by atoms with Crippen molar-refractivity contribution in [2.75, 3.05) is 6.61 Å². The molecule has 1 heterocycles. The van der Waals surface area contributed by atoms with Gasteiger partial charge in [0.1, 0.15) is 0 Å². The van der Waals surface area contributed by atoms with Gasteiger partial charge in [-0.3, -0.25) is 0 Å². The maximum Gasteiger partial charge on any atom is 0.157 e. The third-order valence-electron chi connectivity index (χ3n) is 11.7. The summed E-state index contributed by atoms with van der Waals surface area (Å²) in [6.45, 7) is 17.5. The monoisotopic (exact) mass is 521 g/mol. The molecule has 1 aliphatic heterocycles. The molecule has 0 radical (unpaired) electrons. The van der Waals surface area contributed by atoms with Crippen LogP contribution in [0.5, 0.6) is 0 Å². The minimum Gasteiger partial charge on any atom is -0.353 e. The van der Waals surface area contributed by atoms with E-state index >= 15 is 0 Å². The van der Waals surface area contributed by atoms with Crippen molar-refractivity contribution in [3.63, 3.8) is 0 Å². The molecular formula is C35H68O2. The van der Waals surface area contributed by atoms with Gasteiger partial charge < -0.3 is 9.47 Å². The highest BCUT2D eigenvalue weighted by molar-refractivity contribution is 5.29. The lowest BCUT2D eigenvalue weighted by Crippen LogP contribution is -2.46. The van der Waals surface area contributed by atoms with E-state index in [9.17, 15) is 0 Å². The standard InChI is InChI=1S/C33H56O2.C2H6.3H2/c1-6-24-20-29-27(26-14-13-25(21-28(24)26)35-32-12-7-8-19-34-32)17-18-33(5)30(15-16-31(29)33)23(4)11-9-10-22(2)3;1-2;;;/h22-25,27,29-32H,6-21H2,1-5H3;1-2H3;3*1H/t23-,24?,25+,27?,29-,30?,31?,32?,33-;;;;/m1..../s1. The minimum absolute atomic E-state index is 0. The van der Waals surface area contributed by atoms with Crippen LogP contribution in [0.2, 0.25) is 0 Å². The zero-order chi connectivity index (χ0) is 26.6. The van der Waals surface area contributed by atoms with Crippen LogP contribution in [0.1, 0.15) is 149 Å². The Morgan fingerprint density at radius 2 is 1.81 bits per heavy atom. The van der Waals surface area contributed by atoms with Gasteiger partial charge in [-0.1, -0.05) is 78.9 Å². The molecule has 1 saturated heterocycles. The Morgan fingerprint density at radius 3 is 2.51 bits per heavy atom. The lowest BCUT2D eigenvalue weighted by atomic mass is 9.50. The van der Waals surface area contributed by atoms with Crippen molar-refractivity contribution in [2.45, 2.75) is 157 Å². The van der Waals surface area contributed by atoms with Crippen molar-refractivity contribution in [3.05, 3.63) is 11.1 Å². The molecule has 0 bridgehead atoms. The summed E-state index contributed by atoms with van der Waals surface area (Å²) in [4.78, 5) is 0. The van der Waals surface area contributed by atoms with Gasteiger partial charge in [-0.2, -0.15) is 0 Å². The first-order valence-electron chi connectivity index (χ1n) is 16.9. The second kappa shape index (κ2) is 13.3. The van der Waals surface area contributed by atoms with Crippen LogP contribution in [-0.4, -0.2) is 19.0 Å². The van der Waals surface area contributed by atoms with Crippen molar-refractivity contribution < 1.29 is 13.8 Å². The molecule has 0 N–H and O–H groups in total. The first-order chi connectivity index (χ1) is 17.9. The Kier molecular flexibility index (Phi) is 10.7. The average molecular weight is 521 g/mol. The Labute approximate surface area is 235 Å². The van der Waals surface area contributed by atoms with E-state index in [2.05, 4.69) is 34.6 Å². The molecule has 37 heavy (non-hydrogen) atoms. The van der Waals surface area contributed by atoms with Crippen LogP contribution < -0.4 is 0 Å². The summed E-state index contributed by atoms with van der Waals surface area (Å²) >= 11 is 0. The van der Waals surface area contributed by atoms with E-state index in [1.807, 2.05) is 25.0 Å². The first-order valence-corrected chi connectivity index (χ1v) is 16.9. The van der Waals surface area contributed by atoms with Crippen LogP contribution in [-0.2, 0) is 9.47 Å². The average Bonchev–Trinajstić information content (AvgIpc) is 3.27. The van der Waals surface area contributed by atoms with Gasteiger partial charge in [0.05, 0.1) is 6.10 Å².